The van der Waals surface area contributed by atoms with Crippen molar-refractivity contribution in [2.45, 2.75) is 13.0 Å². The second-order valence-corrected chi connectivity index (χ2v) is 8.11. The third-order valence-corrected chi connectivity index (χ3v) is 5.48. The van der Waals surface area contributed by atoms with Crippen molar-refractivity contribution in [1.29, 1.82) is 0 Å². The average Bonchev–Trinajstić information content (AvgIpc) is 2.89. The molecule has 39 heavy (non-hydrogen) atoms. The first-order chi connectivity index (χ1) is 18.7. The molecule has 3 aromatic carbocycles. The molecule has 0 radical (unpaired) electrons. The maximum absolute atomic E-state index is 14.6. The molecule has 4 N–H and O–H groups in total. The van der Waals surface area contributed by atoms with Crippen LogP contribution in [-0.2, 0) is 13.0 Å². The van der Waals surface area contributed by atoms with Gasteiger partial charge in [-0.15, -0.1) is 10.2 Å². The zero-order chi connectivity index (χ0) is 28.1. The Morgan fingerprint density at radius 1 is 0.795 bits per heavy atom. The smallest absolute Gasteiger partial charge is 0.221 e. The molecule has 0 unspecified atom stereocenters. The number of anilines is 2. The SMILES string of the molecule is COc1cc(Cc2cnc(N)nc2N)cc(OC)c1OCc1cc(F)c(N=Nc2c(F)cccc2F)c(F)c1. The lowest BCUT2D eigenvalue weighted by atomic mass is 10.1. The number of hydrogen-bond donors (Lipinski definition) is 2. The Balaban J connectivity index is 1.55. The van der Waals surface area contributed by atoms with Crippen molar-refractivity contribution in [1.82, 2.24) is 9.97 Å². The minimum Gasteiger partial charge on any atom is -0.493 e. The highest BCUT2D eigenvalue weighted by atomic mass is 19.1. The van der Waals surface area contributed by atoms with Crippen molar-refractivity contribution in [2.75, 3.05) is 25.7 Å². The van der Waals surface area contributed by atoms with Crippen LogP contribution in [0.5, 0.6) is 17.2 Å². The number of ether oxygens (including phenoxy) is 3. The van der Waals surface area contributed by atoms with Crippen molar-refractivity contribution < 1.29 is 31.8 Å². The van der Waals surface area contributed by atoms with Gasteiger partial charge in [-0.25, -0.2) is 22.5 Å². The normalized spacial score (nSPS) is 11.1. The molecule has 0 fully saturated rings. The van der Waals surface area contributed by atoms with E-state index in [-0.39, 0.29) is 41.2 Å². The number of hydrogen-bond acceptors (Lipinski definition) is 9. The van der Waals surface area contributed by atoms with Gasteiger partial charge in [-0.2, -0.15) is 4.98 Å². The number of halogens is 4. The quantitative estimate of drug-likeness (QED) is 0.202. The number of azo groups is 1. The molecule has 0 atom stereocenters. The Kier molecular flexibility index (Phi) is 8.08. The number of methoxy groups -OCH3 is 2. The minimum absolute atomic E-state index is 0.0538. The number of benzene rings is 3. The van der Waals surface area contributed by atoms with Crippen molar-refractivity contribution in [2.24, 2.45) is 10.2 Å². The Bertz CT molecular complexity index is 1480. The lowest BCUT2D eigenvalue weighted by Crippen LogP contribution is -2.05. The Labute approximate surface area is 220 Å². The van der Waals surface area contributed by atoms with E-state index in [9.17, 15) is 17.6 Å². The molecule has 0 aliphatic carbocycles. The van der Waals surface area contributed by atoms with Gasteiger partial charge in [0, 0.05) is 18.2 Å². The second kappa shape index (κ2) is 11.6. The molecule has 0 saturated carbocycles. The molecule has 1 aromatic heterocycles. The monoisotopic (exact) mass is 542 g/mol. The summed E-state index contributed by atoms with van der Waals surface area (Å²) in [5, 5.41) is 6.68. The van der Waals surface area contributed by atoms with E-state index in [0.29, 0.717) is 12.0 Å². The number of rotatable bonds is 9. The van der Waals surface area contributed by atoms with E-state index >= 15 is 0 Å². The van der Waals surface area contributed by atoms with Crippen LogP contribution >= 0.6 is 0 Å². The largest absolute Gasteiger partial charge is 0.493 e. The highest BCUT2D eigenvalue weighted by molar-refractivity contribution is 5.56. The van der Waals surface area contributed by atoms with Crippen molar-refractivity contribution in [3.63, 3.8) is 0 Å². The third-order valence-electron chi connectivity index (χ3n) is 5.48. The van der Waals surface area contributed by atoms with E-state index < -0.39 is 34.6 Å². The fourth-order valence-corrected chi connectivity index (χ4v) is 3.61. The molecule has 1 heterocycles. The standard InChI is InChI=1S/C26H22F4N6O3/c1-37-20-9-13(6-15-11-33-26(32)34-25(15)31)10-21(38-2)24(20)39-12-14-7-18(29)23(19(30)8-14)36-35-22-16(27)4-3-5-17(22)28/h3-5,7-11H,6,12H2,1-2H3,(H4,31,32,33,34). The van der Waals surface area contributed by atoms with Crippen LogP contribution in [0.2, 0.25) is 0 Å². The van der Waals surface area contributed by atoms with Crippen LogP contribution in [0.15, 0.2) is 58.9 Å². The molecule has 0 bridgehead atoms. The molecule has 0 saturated heterocycles. The first-order valence-corrected chi connectivity index (χ1v) is 11.3. The molecule has 202 valence electrons. The summed E-state index contributed by atoms with van der Waals surface area (Å²) in [4.78, 5) is 7.89. The molecule has 13 heteroatoms. The van der Waals surface area contributed by atoms with E-state index in [4.69, 9.17) is 25.7 Å². The van der Waals surface area contributed by atoms with Crippen LogP contribution in [-0.4, -0.2) is 24.2 Å². The first-order valence-electron chi connectivity index (χ1n) is 11.3. The van der Waals surface area contributed by atoms with E-state index in [1.165, 1.54) is 20.4 Å². The number of aromatic nitrogens is 2. The highest BCUT2D eigenvalue weighted by Crippen LogP contribution is 2.40. The number of nitrogens with two attached hydrogens (primary N) is 2. The van der Waals surface area contributed by atoms with Gasteiger partial charge in [0.15, 0.2) is 46.1 Å². The van der Waals surface area contributed by atoms with Crippen molar-refractivity contribution in [3.05, 3.63) is 88.6 Å². The van der Waals surface area contributed by atoms with Gasteiger partial charge < -0.3 is 25.7 Å². The number of nitrogens with zero attached hydrogens (tertiary/aromatic N) is 4. The first kappa shape index (κ1) is 27.1. The van der Waals surface area contributed by atoms with Gasteiger partial charge in [0.2, 0.25) is 11.7 Å². The molecular weight excluding hydrogens is 520 g/mol. The molecule has 4 rings (SSSR count). The lowest BCUT2D eigenvalue weighted by molar-refractivity contribution is 0.265. The summed E-state index contributed by atoms with van der Waals surface area (Å²) >= 11 is 0. The highest BCUT2D eigenvalue weighted by Gasteiger charge is 2.18. The molecule has 0 spiro atoms. The third kappa shape index (κ3) is 6.14. The Morgan fingerprint density at radius 3 is 1.90 bits per heavy atom. The van der Waals surface area contributed by atoms with Gasteiger partial charge in [-0.3, -0.25) is 0 Å². The lowest BCUT2D eigenvalue weighted by Gasteiger charge is -2.17. The van der Waals surface area contributed by atoms with Gasteiger partial charge in [0.05, 0.1) is 14.2 Å². The van der Waals surface area contributed by atoms with Gasteiger partial charge in [0.25, 0.3) is 0 Å². The summed E-state index contributed by atoms with van der Waals surface area (Å²) in [6, 6.07) is 8.31. The van der Waals surface area contributed by atoms with Crippen molar-refractivity contribution in [3.8, 4) is 17.2 Å². The van der Waals surface area contributed by atoms with Gasteiger partial charge >= 0.3 is 0 Å². The zero-order valence-electron chi connectivity index (χ0n) is 20.7. The predicted molar refractivity (Wildman–Crippen MR) is 134 cm³/mol. The van der Waals surface area contributed by atoms with Crippen LogP contribution in [0.25, 0.3) is 0 Å². The van der Waals surface area contributed by atoms with Crippen LogP contribution in [0.1, 0.15) is 16.7 Å². The summed E-state index contributed by atoms with van der Waals surface area (Å²) in [5.74, 6) is -3.21. The van der Waals surface area contributed by atoms with E-state index in [1.54, 1.807) is 12.1 Å². The van der Waals surface area contributed by atoms with Crippen LogP contribution in [0.3, 0.4) is 0 Å². The fraction of sp³-hybridized carbons (Fsp3) is 0.154. The fourth-order valence-electron chi connectivity index (χ4n) is 3.61. The Morgan fingerprint density at radius 2 is 1.36 bits per heavy atom. The molecule has 9 nitrogen and oxygen atoms in total. The minimum atomic E-state index is -1.10. The van der Waals surface area contributed by atoms with E-state index in [2.05, 4.69) is 20.2 Å². The average molecular weight is 542 g/mol. The van der Waals surface area contributed by atoms with Gasteiger partial charge in [-0.1, -0.05) is 6.07 Å². The zero-order valence-corrected chi connectivity index (χ0v) is 20.7. The van der Waals surface area contributed by atoms with Gasteiger partial charge in [0.1, 0.15) is 12.4 Å². The summed E-state index contributed by atoms with van der Waals surface area (Å²) in [5.41, 5.74) is 11.3. The summed E-state index contributed by atoms with van der Waals surface area (Å²) in [6.45, 7) is -0.280. The predicted octanol–water partition coefficient (Wildman–Crippen LogP) is 5.80. The van der Waals surface area contributed by atoms with Crippen LogP contribution in [0.4, 0.5) is 40.7 Å². The molecule has 4 aromatic rings. The van der Waals surface area contributed by atoms with Crippen LogP contribution in [0, 0.1) is 23.3 Å². The van der Waals surface area contributed by atoms with Gasteiger partial charge in [-0.05, 0) is 47.5 Å². The van der Waals surface area contributed by atoms with Crippen molar-refractivity contribution >= 4 is 23.1 Å². The molecule has 0 amide bonds. The maximum Gasteiger partial charge on any atom is 0.221 e. The van der Waals surface area contributed by atoms with E-state index in [0.717, 1.165) is 35.9 Å². The number of nitrogen functional groups attached to an aromatic ring is 2. The summed E-state index contributed by atoms with van der Waals surface area (Å²) in [7, 11) is 2.84. The van der Waals surface area contributed by atoms with E-state index in [1.807, 2.05) is 0 Å². The maximum atomic E-state index is 14.6. The molecule has 0 aliphatic heterocycles. The Hall–Kier alpha value is -4.94. The van der Waals surface area contributed by atoms with Crippen LogP contribution < -0.4 is 25.7 Å². The second-order valence-electron chi connectivity index (χ2n) is 8.11. The molecular formula is C26H22F4N6O3. The summed E-state index contributed by atoms with van der Waals surface area (Å²) < 4.78 is 73.4. The topological polar surface area (TPSA) is 130 Å². The summed E-state index contributed by atoms with van der Waals surface area (Å²) in [6.07, 6.45) is 1.85. The molecule has 0 aliphatic rings.